The van der Waals surface area contributed by atoms with Gasteiger partial charge in [-0.1, -0.05) is 200 Å². The van der Waals surface area contributed by atoms with Crippen molar-refractivity contribution >= 4 is 11.9 Å². The highest BCUT2D eigenvalue weighted by Crippen LogP contribution is 2.69. The van der Waals surface area contributed by atoms with Crippen LogP contribution in [0.2, 0.25) is 0 Å². The minimum Gasteiger partial charge on any atom is -0.462 e. The van der Waals surface area contributed by atoms with Gasteiger partial charge in [0.15, 0.2) is 0 Å². The fraction of sp³-hybridized carbons (Fsp3) is 0.855. The van der Waals surface area contributed by atoms with Gasteiger partial charge in [-0.25, -0.2) is 0 Å². The lowest BCUT2D eigenvalue weighted by Crippen LogP contribution is -2.51. The Morgan fingerprint density at radius 2 is 0.890 bits per heavy atom. The zero-order chi connectivity index (χ0) is 47.7. The Labute approximate surface area is 455 Å². The molecule has 4 heteroatoms. The van der Waals surface area contributed by atoms with Crippen molar-refractivity contribution in [2.45, 2.75) is 287 Å². The van der Waals surface area contributed by atoms with Gasteiger partial charge in [0.05, 0.1) is 12.8 Å². The first-order valence-corrected chi connectivity index (χ1v) is 29.0. The molecule has 0 aromatic heterocycles. The molecule has 16 atom stereocenters. The van der Waals surface area contributed by atoms with Crippen molar-refractivity contribution in [2.24, 2.45) is 92.7 Å². The highest BCUT2D eigenvalue weighted by molar-refractivity contribution is 5.72. The topological polar surface area (TPSA) is 52.6 Å². The first-order valence-electron chi connectivity index (χ1n) is 29.0. The summed E-state index contributed by atoms with van der Waals surface area (Å²) in [5.41, 5.74) is 4.74. The minimum atomic E-state index is -0.113. The molecule has 6 saturated carbocycles. The van der Waals surface area contributed by atoms with E-state index in [9.17, 15) is 9.59 Å². The van der Waals surface area contributed by atoms with E-state index in [0.29, 0.717) is 30.1 Å². The predicted molar refractivity (Wildman–Crippen MR) is 318 cm³/mol. The SMILES string of the molecule is C.C.C.C.C.C.CC(C)CCCC(C)C1CCC2C3CC=C4CC(OC(=O)CC=CCC=CCC(=O)OC5CCC6(C)C(=CCC7C6CCC6(C)C(C(C)CCCC(C)C)CCC76)C5)CCC4(C)C3CCC12C. The van der Waals surface area contributed by atoms with Gasteiger partial charge in [0.1, 0.15) is 12.2 Å². The first kappa shape index (κ1) is 67.0. The normalized spacial score (nSPS) is 37.8. The Kier molecular flexibility index (Phi) is 25.7. The second kappa shape index (κ2) is 28.0. The van der Waals surface area contributed by atoms with Crippen LogP contribution in [0.5, 0.6) is 0 Å². The molecular weight excluding hydrogens is 893 g/mol. The summed E-state index contributed by atoms with van der Waals surface area (Å²) >= 11 is 0. The molecule has 424 valence electrons. The molecule has 4 nitrogen and oxygen atoms in total. The van der Waals surface area contributed by atoms with Crippen molar-refractivity contribution in [1.29, 1.82) is 0 Å². The number of hydrogen-bond acceptors (Lipinski definition) is 4. The first-order chi connectivity index (χ1) is 32.0. The van der Waals surface area contributed by atoms with Crippen LogP contribution in [-0.4, -0.2) is 24.1 Å². The van der Waals surface area contributed by atoms with Crippen molar-refractivity contribution in [3.63, 3.8) is 0 Å². The molecule has 73 heavy (non-hydrogen) atoms. The quantitative estimate of drug-likeness (QED) is 0.101. The molecule has 0 saturated heterocycles. The Balaban J connectivity index is 0.00000304. The Hall–Kier alpha value is -2.10. The molecule has 0 aliphatic heterocycles. The van der Waals surface area contributed by atoms with E-state index in [4.69, 9.17) is 9.47 Å². The second-order valence-corrected chi connectivity index (χ2v) is 26.9. The third kappa shape index (κ3) is 14.0. The average Bonchev–Trinajstić information content (AvgIpc) is 3.83. The molecule has 0 spiro atoms. The van der Waals surface area contributed by atoms with Crippen molar-refractivity contribution < 1.29 is 19.1 Å². The lowest BCUT2D eigenvalue weighted by atomic mass is 9.47. The Morgan fingerprint density at radius 3 is 1.26 bits per heavy atom. The Bertz CT molecular complexity index is 1700. The maximum Gasteiger partial charge on any atom is 0.309 e. The van der Waals surface area contributed by atoms with Crippen LogP contribution in [0.25, 0.3) is 0 Å². The summed E-state index contributed by atoms with van der Waals surface area (Å²) in [7, 11) is 0. The molecule has 0 aromatic rings. The van der Waals surface area contributed by atoms with Gasteiger partial charge in [-0.05, 0) is 189 Å². The van der Waals surface area contributed by atoms with Gasteiger partial charge in [-0.2, -0.15) is 0 Å². The zero-order valence-electron chi connectivity index (χ0n) is 44.9. The highest BCUT2D eigenvalue weighted by atomic mass is 16.5. The molecule has 0 N–H and O–H groups in total. The molecule has 0 bridgehead atoms. The number of rotatable bonds is 18. The number of fused-ring (bicyclic) bond motifs is 10. The standard InChI is InChI=1S/C63H100O4.6CH4/c1-42(2)18-16-20-44(5)52-28-30-54-50-26-24-46-40-48(32-36-60(46,7)56(50)34-38-62(52,54)9)66-58(64)22-14-12-11-13-15-23-59(65)67-49-33-37-61(8)47(41-49)25-27-51-55-31-29-53(45(6)21-17-19-43(3)4)63(55,10)39-35-57(51)61;;;;;;/h12-15,24-25,42-45,48-57H,11,16-23,26-41H2,1-10H3;6*1H4. The van der Waals surface area contributed by atoms with E-state index >= 15 is 0 Å². The third-order valence-corrected chi connectivity index (χ3v) is 22.3. The van der Waals surface area contributed by atoms with E-state index in [1.807, 2.05) is 24.3 Å². The zero-order valence-corrected chi connectivity index (χ0v) is 44.9. The van der Waals surface area contributed by atoms with E-state index in [1.54, 1.807) is 11.1 Å². The monoisotopic (exact) mass is 1020 g/mol. The van der Waals surface area contributed by atoms with E-state index in [-0.39, 0.29) is 79.5 Å². The molecule has 0 aromatic carbocycles. The predicted octanol–water partition coefficient (Wildman–Crippen LogP) is 21.0. The van der Waals surface area contributed by atoms with E-state index in [1.165, 1.54) is 103 Å². The molecular formula is C69H124O4. The summed E-state index contributed by atoms with van der Waals surface area (Å²) in [5, 5.41) is 0. The number of esters is 2. The molecule has 8 aliphatic rings. The van der Waals surface area contributed by atoms with Gasteiger partial charge in [-0.3, -0.25) is 9.59 Å². The van der Waals surface area contributed by atoms with Gasteiger partial charge in [0, 0.05) is 12.8 Å². The van der Waals surface area contributed by atoms with Crippen LogP contribution in [0, 0.1) is 92.7 Å². The molecule has 0 heterocycles. The van der Waals surface area contributed by atoms with Gasteiger partial charge in [0.25, 0.3) is 0 Å². The number of allylic oxidation sites excluding steroid dienone is 4. The third-order valence-electron chi connectivity index (χ3n) is 22.3. The van der Waals surface area contributed by atoms with Crippen LogP contribution < -0.4 is 0 Å². The lowest BCUT2D eigenvalue weighted by molar-refractivity contribution is -0.151. The van der Waals surface area contributed by atoms with Crippen LogP contribution in [0.15, 0.2) is 47.6 Å². The summed E-state index contributed by atoms with van der Waals surface area (Å²) in [6.07, 6.45) is 42.7. The smallest absolute Gasteiger partial charge is 0.309 e. The van der Waals surface area contributed by atoms with E-state index < -0.39 is 0 Å². The minimum absolute atomic E-state index is 0. The maximum absolute atomic E-state index is 13.0. The van der Waals surface area contributed by atoms with E-state index in [0.717, 1.165) is 110 Å². The second-order valence-electron chi connectivity index (χ2n) is 26.9. The van der Waals surface area contributed by atoms with Gasteiger partial charge < -0.3 is 9.47 Å². The van der Waals surface area contributed by atoms with Crippen molar-refractivity contribution in [3.05, 3.63) is 47.6 Å². The summed E-state index contributed by atoms with van der Waals surface area (Å²) in [5.74, 6) is 9.87. The van der Waals surface area contributed by atoms with Crippen molar-refractivity contribution in [2.75, 3.05) is 0 Å². The van der Waals surface area contributed by atoms with Crippen LogP contribution in [0.4, 0.5) is 0 Å². The maximum atomic E-state index is 13.0. The average molecular weight is 1020 g/mol. The molecule has 0 radical (unpaired) electrons. The molecule has 8 aliphatic carbocycles. The van der Waals surface area contributed by atoms with Crippen LogP contribution in [-0.2, 0) is 19.1 Å². The number of carbonyl (C=O) groups excluding carboxylic acids is 2. The number of carbonyl (C=O) groups is 2. The molecule has 8 rings (SSSR count). The number of ether oxygens (including phenoxy) is 2. The summed E-state index contributed by atoms with van der Waals surface area (Å²) < 4.78 is 12.2. The van der Waals surface area contributed by atoms with Crippen LogP contribution in [0.1, 0.15) is 274 Å². The summed E-state index contributed by atoms with van der Waals surface area (Å²) in [6, 6.07) is 0. The molecule has 16 unspecified atom stereocenters. The van der Waals surface area contributed by atoms with Crippen molar-refractivity contribution in [3.8, 4) is 0 Å². The fourth-order valence-corrected chi connectivity index (χ4v) is 18.6. The van der Waals surface area contributed by atoms with Crippen LogP contribution in [0.3, 0.4) is 0 Å². The number of hydrogen-bond donors (Lipinski definition) is 0. The Morgan fingerprint density at radius 1 is 0.507 bits per heavy atom. The van der Waals surface area contributed by atoms with Crippen molar-refractivity contribution in [1.82, 2.24) is 0 Å². The summed E-state index contributed by atoms with van der Waals surface area (Å²) in [6.45, 7) is 25.2. The van der Waals surface area contributed by atoms with E-state index in [2.05, 4.69) is 81.4 Å². The lowest BCUT2D eigenvalue weighted by Gasteiger charge is -2.58. The largest absolute Gasteiger partial charge is 0.462 e. The molecule has 6 fully saturated rings. The fourth-order valence-electron chi connectivity index (χ4n) is 18.6. The van der Waals surface area contributed by atoms with Gasteiger partial charge in [0.2, 0.25) is 0 Å². The highest BCUT2D eigenvalue weighted by Gasteiger charge is 2.61. The van der Waals surface area contributed by atoms with Gasteiger partial charge in [-0.15, -0.1) is 0 Å². The summed E-state index contributed by atoms with van der Waals surface area (Å²) in [4.78, 5) is 26.1. The molecule has 0 amide bonds. The van der Waals surface area contributed by atoms with Gasteiger partial charge >= 0.3 is 11.9 Å². The van der Waals surface area contributed by atoms with Crippen LogP contribution >= 0.6 is 0 Å².